The van der Waals surface area contributed by atoms with Crippen molar-refractivity contribution in [3.05, 3.63) is 41.3 Å². The molecular weight excluding hydrogens is 310 g/mol. The lowest BCUT2D eigenvalue weighted by Gasteiger charge is -2.30. The highest BCUT2D eigenvalue weighted by atomic mass is 16.7. The van der Waals surface area contributed by atoms with E-state index in [2.05, 4.69) is 15.7 Å². The van der Waals surface area contributed by atoms with Crippen LogP contribution in [-0.2, 0) is 15.9 Å². The molecule has 0 spiro atoms. The van der Waals surface area contributed by atoms with Gasteiger partial charge in [-0.3, -0.25) is 4.90 Å². The van der Waals surface area contributed by atoms with Crippen LogP contribution in [-0.4, -0.2) is 49.5 Å². The van der Waals surface area contributed by atoms with Gasteiger partial charge in [-0.1, -0.05) is 18.2 Å². The maximum atomic E-state index is 11.2. The van der Waals surface area contributed by atoms with Gasteiger partial charge >= 0.3 is 6.16 Å². The van der Waals surface area contributed by atoms with E-state index < -0.39 is 6.16 Å². The minimum Gasteiger partial charge on any atom is -0.509 e. The molecule has 1 N–H and O–H groups in total. The van der Waals surface area contributed by atoms with E-state index in [9.17, 15) is 9.90 Å². The number of methoxy groups -OCH3 is 1. The number of aliphatic hydroxyl groups excluding tert-OH is 1. The molecule has 1 aromatic rings. The molecule has 1 atom stereocenters. The number of nitrogens with zero attached hydrogens (tertiary/aromatic N) is 1. The molecule has 2 aliphatic rings. The van der Waals surface area contributed by atoms with E-state index in [0.717, 1.165) is 38.3 Å². The van der Waals surface area contributed by atoms with Crippen LogP contribution in [0, 0.1) is 5.92 Å². The molecule has 2 heterocycles. The molecular formula is C18H23NO5. The second kappa shape index (κ2) is 7.57. The standard InChI is InChI=1S/C18H23NO5/c1-22-18(21)24-17-11-19(9-7-15(17)20)8-6-13-10-14-4-2-3-5-16(14)23-12-13/h2-5,13,20H,6-12H2,1H3. The Hall–Kier alpha value is -2.21. The van der Waals surface area contributed by atoms with E-state index in [0.29, 0.717) is 24.6 Å². The third-order valence-corrected chi connectivity index (χ3v) is 4.54. The Labute approximate surface area is 141 Å². The van der Waals surface area contributed by atoms with Gasteiger partial charge in [0.15, 0.2) is 5.76 Å². The fourth-order valence-electron chi connectivity index (χ4n) is 3.14. The highest BCUT2D eigenvalue weighted by Crippen LogP contribution is 2.28. The average molecular weight is 333 g/mol. The Morgan fingerprint density at radius 1 is 1.42 bits per heavy atom. The second-order valence-electron chi connectivity index (χ2n) is 6.23. The molecule has 0 radical (unpaired) electrons. The first-order chi connectivity index (χ1) is 11.7. The molecule has 0 saturated carbocycles. The smallest absolute Gasteiger partial charge is 0.509 e. The molecule has 0 bridgehead atoms. The van der Waals surface area contributed by atoms with Crippen molar-refractivity contribution in [1.29, 1.82) is 0 Å². The number of fused-ring (bicyclic) bond motifs is 1. The van der Waals surface area contributed by atoms with Gasteiger partial charge in [-0.15, -0.1) is 0 Å². The second-order valence-corrected chi connectivity index (χ2v) is 6.23. The number of rotatable bonds is 4. The van der Waals surface area contributed by atoms with Crippen LogP contribution in [0.15, 0.2) is 35.8 Å². The highest BCUT2D eigenvalue weighted by Gasteiger charge is 2.24. The monoisotopic (exact) mass is 333 g/mol. The topological polar surface area (TPSA) is 68.2 Å². The van der Waals surface area contributed by atoms with Crippen molar-refractivity contribution in [2.45, 2.75) is 19.3 Å². The zero-order chi connectivity index (χ0) is 16.9. The van der Waals surface area contributed by atoms with E-state index in [1.54, 1.807) is 0 Å². The molecule has 6 heteroatoms. The average Bonchev–Trinajstić information content (AvgIpc) is 2.62. The summed E-state index contributed by atoms with van der Waals surface area (Å²) in [4.78, 5) is 13.4. The highest BCUT2D eigenvalue weighted by molar-refractivity contribution is 5.61. The lowest BCUT2D eigenvalue weighted by molar-refractivity contribution is 0.0775. The van der Waals surface area contributed by atoms with Crippen molar-refractivity contribution in [1.82, 2.24) is 4.90 Å². The van der Waals surface area contributed by atoms with Gasteiger partial charge in [0.25, 0.3) is 0 Å². The van der Waals surface area contributed by atoms with E-state index in [1.807, 2.05) is 18.2 Å². The van der Waals surface area contributed by atoms with Gasteiger partial charge in [-0.05, 0) is 36.9 Å². The maximum Gasteiger partial charge on any atom is 0.513 e. The van der Waals surface area contributed by atoms with Gasteiger partial charge < -0.3 is 19.3 Å². The summed E-state index contributed by atoms with van der Waals surface area (Å²) < 4.78 is 15.3. The summed E-state index contributed by atoms with van der Waals surface area (Å²) >= 11 is 0. The summed E-state index contributed by atoms with van der Waals surface area (Å²) in [6.45, 7) is 2.78. The fourth-order valence-corrected chi connectivity index (χ4v) is 3.14. The van der Waals surface area contributed by atoms with Crippen molar-refractivity contribution >= 4 is 6.16 Å². The molecule has 130 valence electrons. The normalized spacial score (nSPS) is 21.0. The molecule has 1 unspecified atom stereocenters. The zero-order valence-electron chi connectivity index (χ0n) is 13.9. The van der Waals surface area contributed by atoms with Crippen LogP contribution in [0.5, 0.6) is 5.75 Å². The van der Waals surface area contributed by atoms with Gasteiger partial charge in [0.05, 0.1) is 20.3 Å². The van der Waals surface area contributed by atoms with Crippen LogP contribution >= 0.6 is 0 Å². The SMILES string of the molecule is COC(=O)OC1=C(O)CCN(CCC2COc3ccccc3C2)C1. The summed E-state index contributed by atoms with van der Waals surface area (Å²) in [6, 6.07) is 8.17. The summed E-state index contributed by atoms with van der Waals surface area (Å²) in [7, 11) is 1.25. The summed E-state index contributed by atoms with van der Waals surface area (Å²) in [5.41, 5.74) is 1.26. The van der Waals surface area contributed by atoms with Crippen molar-refractivity contribution in [2.75, 3.05) is 33.4 Å². The van der Waals surface area contributed by atoms with Crippen LogP contribution in [0.1, 0.15) is 18.4 Å². The molecule has 6 nitrogen and oxygen atoms in total. The van der Waals surface area contributed by atoms with Crippen LogP contribution in [0.2, 0.25) is 0 Å². The van der Waals surface area contributed by atoms with E-state index in [1.165, 1.54) is 12.7 Å². The van der Waals surface area contributed by atoms with E-state index in [4.69, 9.17) is 9.47 Å². The fraction of sp³-hybridized carbons (Fsp3) is 0.500. The first kappa shape index (κ1) is 16.6. The first-order valence-corrected chi connectivity index (χ1v) is 8.25. The molecule has 0 saturated heterocycles. The lowest BCUT2D eigenvalue weighted by Crippen LogP contribution is -2.36. The number of para-hydroxylation sites is 1. The third kappa shape index (κ3) is 4.00. The molecule has 1 aromatic carbocycles. The van der Waals surface area contributed by atoms with Gasteiger partial charge in [0.1, 0.15) is 11.5 Å². The Morgan fingerprint density at radius 3 is 3.08 bits per heavy atom. The van der Waals surface area contributed by atoms with Gasteiger partial charge in [-0.25, -0.2) is 4.79 Å². The number of hydrogen-bond donors (Lipinski definition) is 1. The molecule has 0 aliphatic carbocycles. The number of benzene rings is 1. The number of aliphatic hydroxyl groups is 1. The number of hydrogen-bond acceptors (Lipinski definition) is 6. The van der Waals surface area contributed by atoms with Crippen LogP contribution in [0.4, 0.5) is 4.79 Å². The molecule has 0 fully saturated rings. The molecule has 24 heavy (non-hydrogen) atoms. The Bertz CT molecular complexity index is 628. The van der Waals surface area contributed by atoms with E-state index >= 15 is 0 Å². The Morgan fingerprint density at radius 2 is 2.25 bits per heavy atom. The largest absolute Gasteiger partial charge is 0.513 e. The van der Waals surface area contributed by atoms with Crippen molar-refractivity contribution < 1.29 is 24.1 Å². The predicted molar refractivity (Wildman–Crippen MR) is 87.9 cm³/mol. The quantitative estimate of drug-likeness (QED) is 0.855. The third-order valence-electron chi connectivity index (χ3n) is 4.54. The van der Waals surface area contributed by atoms with Crippen molar-refractivity contribution in [3.63, 3.8) is 0 Å². The van der Waals surface area contributed by atoms with Crippen molar-refractivity contribution in [3.8, 4) is 5.75 Å². The van der Waals surface area contributed by atoms with Crippen molar-refractivity contribution in [2.24, 2.45) is 5.92 Å². The van der Waals surface area contributed by atoms with E-state index in [-0.39, 0.29) is 5.76 Å². The zero-order valence-corrected chi connectivity index (χ0v) is 13.9. The van der Waals surface area contributed by atoms with Gasteiger partial charge in [-0.2, -0.15) is 0 Å². The van der Waals surface area contributed by atoms with Gasteiger partial charge in [0.2, 0.25) is 0 Å². The van der Waals surface area contributed by atoms with Crippen LogP contribution in [0.25, 0.3) is 0 Å². The predicted octanol–water partition coefficient (Wildman–Crippen LogP) is 2.89. The summed E-state index contributed by atoms with van der Waals surface area (Å²) in [5.74, 6) is 1.89. The Kier molecular flexibility index (Phi) is 5.25. The van der Waals surface area contributed by atoms with Crippen LogP contribution < -0.4 is 4.74 Å². The molecule has 2 aliphatic heterocycles. The molecule has 0 aromatic heterocycles. The number of carbonyl (C=O) groups excluding carboxylic acids is 1. The minimum atomic E-state index is -0.796. The van der Waals surface area contributed by atoms with Crippen LogP contribution in [0.3, 0.4) is 0 Å². The number of ether oxygens (including phenoxy) is 3. The number of carbonyl (C=O) groups is 1. The lowest BCUT2D eigenvalue weighted by atomic mass is 9.94. The summed E-state index contributed by atoms with van der Waals surface area (Å²) in [6.07, 6.45) is 1.71. The van der Waals surface area contributed by atoms with Gasteiger partial charge in [0, 0.05) is 13.0 Å². The first-order valence-electron chi connectivity index (χ1n) is 8.25. The summed E-state index contributed by atoms with van der Waals surface area (Å²) in [5, 5.41) is 9.86. The minimum absolute atomic E-state index is 0.131. The maximum absolute atomic E-state index is 11.2. The molecule has 3 rings (SSSR count). The Balaban J connectivity index is 1.50. The molecule has 0 amide bonds.